The van der Waals surface area contributed by atoms with Crippen LogP contribution in [0.4, 0.5) is 0 Å². The quantitative estimate of drug-likeness (QED) is 0.506. The van der Waals surface area contributed by atoms with Crippen LogP contribution in [0.3, 0.4) is 0 Å². The number of fused-ring (bicyclic) bond motifs is 1. The highest BCUT2D eigenvalue weighted by Crippen LogP contribution is 2.19. The summed E-state index contributed by atoms with van der Waals surface area (Å²) in [5.74, 6) is 0. The van der Waals surface area contributed by atoms with E-state index in [0.29, 0.717) is 6.54 Å². The Morgan fingerprint density at radius 2 is 1.74 bits per heavy atom. The van der Waals surface area contributed by atoms with Crippen LogP contribution in [0, 0.1) is 0 Å². The molecule has 0 aliphatic heterocycles. The lowest BCUT2D eigenvalue weighted by Crippen LogP contribution is -2.30. The highest BCUT2D eigenvalue weighted by Gasteiger charge is 2.11. The third kappa shape index (κ3) is 2.93. The van der Waals surface area contributed by atoms with Crippen LogP contribution in [0.25, 0.3) is 10.8 Å². The van der Waals surface area contributed by atoms with Crippen LogP contribution >= 0.6 is 0 Å². The lowest BCUT2D eigenvalue weighted by Gasteiger charge is -2.19. The van der Waals surface area contributed by atoms with Crippen molar-refractivity contribution in [2.45, 2.75) is 13.8 Å². The highest BCUT2D eigenvalue weighted by atomic mass is 16.4. The summed E-state index contributed by atoms with van der Waals surface area (Å²) in [5, 5.41) is 15.2. The molecule has 0 saturated heterocycles. The third-order valence-electron chi connectivity index (χ3n) is 3.49. The summed E-state index contributed by atoms with van der Waals surface area (Å²) >= 11 is 0. The van der Waals surface area contributed by atoms with Gasteiger partial charge in [0, 0.05) is 12.1 Å². The van der Waals surface area contributed by atoms with Crippen LogP contribution in [0.5, 0.6) is 0 Å². The molecule has 0 bridgehead atoms. The minimum absolute atomic E-state index is 0.664. The van der Waals surface area contributed by atoms with Crippen molar-refractivity contribution in [2.75, 3.05) is 19.6 Å². The molecule has 0 aliphatic carbocycles. The van der Waals surface area contributed by atoms with E-state index < -0.39 is 0 Å². The average Bonchev–Trinajstić information content (AvgIpc) is 2.48. The van der Waals surface area contributed by atoms with Gasteiger partial charge in [-0.2, -0.15) is 0 Å². The monoisotopic (exact) mass is 256 g/mol. The Morgan fingerprint density at radius 3 is 2.42 bits per heavy atom. The number of hydrogen-bond donors (Lipinski definition) is 1. The third-order valence-corrected chi connectivity index (χ3v) is 3.49. The minimum atomic E-state index is 0.664. The van der Waals surface area contributed by atoms with E-state index in [-0.39, 0.29) is 0 Å². The Kier molecular flexibility index (Phi) is 4.53. The van der Waals surface area contributed by atoms with Gasteiger partial charge >= 0.3 is 0 Å². The van der Waals surface area contributed by atoms with E-state index in [9.17, 15) is 5.21 Å². The number of benzene rings is 2. The normalized spacial score (nSPS) is 12.3. The molecule has 2 rings (SSSR count). The van der Waals surface area contributed by atoms with Gasteiger partial charge in [-0.3, -0.25) is 4.90 Å². The Balaban J connectivity index is 2.41. The molecule has 2 aromatic carbocycles. The van der Waals surface area contributed by atoms with Gasteiger partial charge in [0.25, 0.3) is 0 Å². The number of nitrogens with zero attached hydrogens (tertiary/aromatic N) is 2. The Morgan fingerprint density at radius 1 is 1.05 bits per heavy atom. The zero-order valence-electron chi connectivity index (χ0n) is 11.5. The van der Waals surface area contributed by atoms with E-state index in [0.717, 1.165) is 29.8 Å². The molecular formula is C16H20N2O. The van der Waals surface area contributed by atoms with Gasteiger partial charge in [-0.25, -0.2) is 0 Å². The summed E-state index contributed by atoms with van der Waals surface area (Å²) in [6.07, 6.45) is 0. The van der Waals surface area contributed by atoms with Crippen LogP contribution < -0.4 is 0 Å². The molecule has 0 spiro atoms. The van der Waals surface area contributed by atoms with E-state index >= 15 is 0 Å². The Labute approximate surface area is 114 Å². The maximum atomic E-state index is 9.34. The molecule has 3 heteroatoms. The largest absolute Gasteiger partial charge is 0.411 e. The van der Waals surface area contributed by atoms with E-state index in [2.05, 4.69) is 42.1 Å². The van der Waals surface area contributed by atoms with Gasteiger partial charge in [0.15, 0.2) is 0 Å². The average molecular weight is 256 g/mol. The zero-order valence-corrected chi connectivity index (χ0v) is 11.5. The number of hydrogen-bond acceptors (Lipinski definition) is 3. The maximum absolute atomic E-state index is 9.34. The number of likely N-dealkylation sites (N-methyl/N-ethyl adjacent to an activating group) is 1. The first-order valence-electron chi connectivity index (χ1n) is 6.71. The van der Waals surface area contributed by atoms with Crippen LogP contribution in [0.15, 0.2) is 47.6 Å². The minimum Gasteiger partial charge on any atom is -0.411 e. The molecule has 1 N–H and O–H groups in total. The molecule has 0 aliphatic rings. The standard InChI is InChI=1S/C16H20N2O/c1-3-18(4-2)12-16(17-19)15-11-7-9-13-8-5-6-10-14(13)15/h5-11,19H,3-4,12H2,1-2H3. The van der Waals surface area contributed by atoms with Crippen LogP contribution in [0.1, 0.15) is 19.4 Å². The number of oxime groups is 1. The molecule has 0 aromatic heterocycles. The smallest absolute Gasteiger partial charge is 0.101 e. The molecule has 0 radical (unpaired) electrons. The summed E-state index contributed by atoms with van der Waals surface area (Å²) in [6.45, 7) is 6.78. The molecule has 0 amide bonds. The van der Waals surface area contributed by atoms with Crippen molar-refractivity contribution in [3.05, 3.63) is 48.0 Å². The second-order valence-corrected chi connectivity index (χ2v) is 4.53. The number of rotatable bonds is 5. The van der Waals surface area contributed by atoms with Crippen molar-refractivity contribution < 1.29 is 5.21 Å². The second kappa shape index (κ2) is 6.34. The molecule has 0 unspecified atom stereocenters. The summed E-state index contributed by atoms with van der Waals surface area (Å²) in [7, 11) is 0. The Bertz CT molecular complexity index is 568. The van der Waals surface area contributed by atoms with Crippen molar-refractivity contribution in [1.29, 1.82) is 0 Å². The van der Waals surface area contributed by atoms with Gasteiger partial charge in [-0.1, -0.05) is 61.5 Å². The van der Waals surface area contributed by atoms with Gasteiger partial charge in [0.1, 0.15) is 5.71 Å². The second-order valence-electron chi connectivity index (χ2n) is 4.53. The molecule has 2 aromatic rings. The van der Waals surface area contributed by atoms with Gasteiger partial charge in [0.05, 0.1) is 0 Å². The summed E-state index contributed by atoms with van der Waals surface area (Å²) < 4.78 is 0. The van der Waals surface area contributed by atoms with Crippen molar-refractivity contribution in [3.8, 4) is 0 Å². The molecule has 0 fully saturated rings. The lowest BCUT2D eigenvalue weighted by molar-refractivity contribution is 0.305. The predicted molar refractivity (Wildman–Crippen MR) is 80.1 cm³/mol. The van der Waals surface area contributed by atoms with Gasteiger partial charge < -0.3 is 5.21 Å². The Hall–Kier alpha value is -1.87. The maximum Gasteiger partial charge on any atom is 0.101 e. The first kappa shape index (κ1) is 13.6. The fourth-order valence-electron chi connectivity index (χ4n) is 2.31. The molecule has 100 valence electrons. The van der Waals surface area contributed by atoms with Gasteiger partial charge in [-0.05, 0) is 23.9 Å². The van der Waals surface area contributed by atoms with E-state index in [1.807, 2.05) is 24.3 Å². The van der Waals surface area contributed by atoms with Crippen LogP contribution in [0.2, 0.25) is 0 Å². The van der Waals surface area contributed by atoms with Gasteiger partial charge in [-0.15, -0.1) is 0 Å². The molecular weight excluding hydrogens is 236 g/mol. The topological polar surface area (TPSA) is 35.8 Å². The van der Waals surface area contributed by atoms with Crippen molar-refractivity contribution in [3.63, 3.8) is 0 Å². The van der Waals surface area contributed by atoms with E-state index in [4.69, 9.17) is 0 Å². The first-order valence-corrected chi connectivity index (χ1v) is 6.71. The fourth-order valence-corrected chi connectivity index (χ4v) is 2.31. The zero-order chi connectivity index (χ0) is 13.7. The highest BCUT2D eigenvalue weighted by molar-refractivity contribution is 6.11. The molecule has 3 nitrogen and oxygen atoms in total. The van der Waals surface area contributed by atoms with Crippen LogP contribution in [-0.4, -0.2) is 35.5 Å². The SMILES string of the molecule is CCN(CC)CC(=NO)c1cccc2ccccc12. The van der Waals surface area contributed by atoms with E-state index in [1.165, 1.54) is 5.39 Å². The van der Waals surface area contributed by atoms with Gasteiger partial charge in [0.2, 0.25) is 0 Å². The lowest BCUT2D eigenvalue weighted by atomic mass is 10.0. The van der Waals surface area contributed by atoms with E-state index in [1.54, 1.807) is 0 Å². The molecule has 0 saturated carbocycles. The fraction of sp³-hybridized carbons (Fsp3) is 0.312. The molecule has 19 heavy (non-hydrogen) atoms. The van der Waals surface area contributed by atoms with Crippen molar-refractivity contribution in [1.82, 2.24) is 4.90 Å². The summed E-state index contributed by atoms with van der Waals surface area (Å²) in [6, 6.07) is 14.3. The predicted octanol–water partition coefficient (Wildman–Crippen LogP) is 3.36. The van der Waals surface area contributed by atoms with Crippen molar-refractivity contribution in [2.24, 2.45) is 5.16 Å². The summed E-state index contributed by atoms with van der Waals surface area (Å²) in [4.78, 5) is 2.23. The van der Waals surface area contributed by atoms with Crippen molar-refractivity contribution >= 4 is 16.5 Å². The van der Waals surface area contributed by atoms with Crippen LogP contribution in [-0.2, 0) is 0 Å². The molecule has 0 heterocycles. The molecule has 0 atom stereocenters. The summed E-state index contributed by atoms with van der Waals surface area (Å²) in [5.41, 5.74) is 1.73. The first-order chi connectivity index (χ1) is 9.30.